The lowest BCUT2D eigenvalue weighted by Crippen LogP contribution is -1.98. The molecule has 0 bridgehead atoms. The van der Waals surface area contributed by atoms with E-state index in [9.17, 15) is 0 Å². The van der Waals surface area contributed by atoms with E-state index in [4.69, 9.17) is 5.73 Å². The molecule has 2 aromatic rings. The van der Waals surface area contributed by atoms with Gasteiger partial charge in [0.15, 0.2) is 0 Å². The molecular formula is C11H12BrN3. The Morgan fingerprint density at radius 2 is 1.87 bits per heavy atom. The van der Waals surface area contributed by atoms with Gasteiger partial charge in [0.25, 0.3) is 0 Å². The smallest absolute Gasteiger partial charge is 0.131 e. The first-order chi connectivity index (χ1) is 7.09. The molecule has 0 spiro atoms. The van der Waals surface area contributed by atoms with Crippen LogP contribution in [0.4, 0.5) is 5.82 Å². The lowest BCUT2D eigenvalue weighted by Gasteiger charge is -2.00. The van der Waals surface area contributed by atoms with E-state index in [2.05, 4.69) is 20.9 Å². The maximum Gasteiger partial charge on any atom is 0.131 e. The number of hydrogen-bond donors (Lipinski definition) is 1. The van der Waals surface area contributed by atoms with Gasteiger partial charge in [-0.05, 0) is 19.1 Å². The van der Waals surface area contributed by atoms with Crippen LogP contribution in [0.2, 0.25) is 0 Å². The van der Waals surface area contributed by atoms with Gasteiger partial charge in [-0.1, -0.05) is 28.1 Å². The van der Waals surface area contributed by atoms with Crippen LogP contribution in [-0.2, 0) is 7.05 Å². The van der Waals surface area contributed by atoms with Crippen molar-refractivity contribution in [2.45, 2.75) is 6.92 Å². The lowest BCUT2D eigenvalue weighted by atomic mass is 10.1. The molecule has 0 fully saturated rings. The zero-order chi connectivity index (χ0) is 11.0. The summed E-state index contributed by atoms with van der Waals surface area (Å²) >= 11 is 3.40. The standard InChI is InChI=1S/C11H12BrN3/c1-7-14-10(11(13)15(7)2)8-3-5-9(12)6-4-8/h3-6H,13H2,1-2H3. The number of nitrogens with zero attached hydrogens (tertiary/aromatic N) is 2. The van der Waals surface area contributed by atoms with E-state index in [1.54, 1.807) is 0 Å². The molecule has 0 aliphatic rings. The molecule has 1 heterocycles. The van der Waals surface area contributed by atoms with Crippen LogP contribution >= 0.6 is 15.9 Å². The number of hydrogen-bond acceptors (Lipinski definition) is 2. The number of rotatable bonds is 1. The predicted molar refractivity (Wildman–Crippen MR) is 65.5 cm³/mol. The van der Waals surface area contributed by atoms with E-state index in [1.807, 2.05) is 42.8 Å². The third kappa shape index (κ3) is 1.77. The second-order valence-corrected chi connectivity index (χ2v) is 4.37. The summed E-state index contributed by atoms with van der Waals surface area (Å²) < 4.78 is 2.94. The third-order valence-corrected chi connectivity index (χ3v) is 3.01. The Bertz CT molecular complexity index is 485. The minimum absolute atomic E-state index is 0.704. The maximum absolute atomic E-state index is 5.96. The first kappa shape index (κ1) is 10.2. The summed E-state index contributed by atoms with van der Waals surface area (Å²) in [4.78, 5) is 4.43. The van der Waals surface area contributed by atoms with Crippen molar-refractivity contribution >= 4 is 21.7 Å². The molecule has 0 unspecified atom stereocenters. The van der Waals surface area contributed by atoms with Crippen LogP contribution in [0.1, 0.15) is 5.82 Å². The quantitative estimate of drug-likeness (QED) is 0.862. The van der Waals surface area contributed by atoms with Crippen LogP contribution in [0.5, 0.6) is 0 Å². The number of halogens is 1. The minimum Gasteiger partial charge on any atom is -0.383 e. The van der Waals surface area contributed by atoms with Crippen LogP contribution < -0.4 is 5.73 Å². The molecule has 1 aromatic heterocycles. The number of nitrogen functional groups attached to an aromatic ring is 1. The molecular weight excluding hydrogens is 254 g/mol. The molecule has 0 saturated carbocycles. The number of aromatic nitrogens is 2. The molecule has 0 aliphatic carbocycles. The van der Waals surface area contributed by atoms with E-state index in [0.717, 1.165) is 21.6 Å². The number of imidazole rings is 1. The molecule has 2 N–H and O–H groups in total. The summed E-state index contributed by atoms with van der Waals surface area (Å²) in [5.41, 5.74) is 7.85. The van der Waals surface area contributed by atoms with Crippen LogP contribution in [0.25, 0.3) is 11.3 Å². The highest BCUT2D eigenvalue weighted by molar-refractivity contribution is 9.10. The van der Waals surface area contributed by atoms with Crippen molar-refractivity contribution in [3.63, 3.8) is 0 Å². The largest absolute Gasteiger partial charge is 0.383 e. The second kappa shape index (κ2) is 3.70. The van der Waals surface area contributed by atoms with Gasteiger partial charge in [-0.15, -0.1) is 0 Å². The SMILES string of the molecule is Cc1nc(-c2ccc(Br)cc2)c(N)n1C. The van der Waals surface area contributed by atoms with Gasteiger partial charge in [-0.3, -0.25) is 0 Å². The number of benzene rings is 1. The number of nitrogens with two attached hydrogens (primary N) is 1. The molecule has 0 amide bonds. The molecule has 0 saturated heterocycles. The van der Waals surface area contributed by atoms with E-state index in [-0.39, 0.29) is 0 Å². The molecule has 1 aromatic carbocycles. The normalized spacial score (nSPS) is 10.6. The van der Waals surface area contributed by atoms with E-state index < -0.39 is 0 Å². The topological polar surface area (TPSA) is 43.8 Å². The first-order valence-corrected chi connectivity index (χ1v) is 5.43. The Labute approximate surface area is 97.1 Å². The van der Waals surface area contributed by atoms with Gasteiger partial charge in [-0.2, -0.15) is 0 Å². The highest BCUT2D eigenvalue weighted by atomic mass is 79.9. The van der Waals surface area contributed by atoms with Crippen molar-refractivity contribution in [3.05, 3.63) is 34.6 Å². The Morgan fingerprint density at radius 3 is 2.33 bits per heavy atom. The molecule has 0 atom stereocenters. The fourth-order valence-electron chi connectivity index (χ4n) is 1.45. The van der Waals surface area contributed by atoms with Gasteiger partial charge < -0.3 is 10.3 Å². The zero-order valence-corrected chi connectivity index (χ0v) is 10.2. The fourth-order valence-corrected chi connectivity index (χ4v) is 1.71. The molecule has 15 heavy (non-hydrogen) atoms. The fraction of sp³-hybridized carbons (Fsp3) is 0.182. The monoisotopic (exact) mass is 265 g/mol. The average Bonchev–Trinajstić information content (AvgIpc) is 2.47. The van der Waals surface area contributed by atoms with Gasteiger partial charge in [0.2, 0.25) is 0 Å². The van der Waals surface area contributed by atoms with Gasteiger partial charge in [0.05, 0.1) is 0 Å². The van der Waals surface area contributed by atoms with Crippen molar-refractivity contribution in [1.29, 1.82) is 0 Å². The van der Waals surface area contributed by atoms with Gasteiger partial charge >= 0.3 is 0 Å². The summed E-state index contributed by atoms with van der Waals surface area (Å²) in [5.74, 6) is 1.63. The summed E-state index contributed by atoms with van der Waals surface area (Å²) in [5, 5.41) is 0. The summed E-state index contributed by atoms with van der Waals surface area (Å²) in [6.07, 6.45) is 0. The van der Waals surface area contributed by atoms with E-state index in [1.165, 1.54) is 0 Å². The van der Waals surface area contributed by atoms with E-state index in [0.29, 0.717) is 5.82 Å². The molecule has 0 radical (unpaired) electrons. The summed E-state index contributed by atoms with van der Waals surface area (Å²) in [6, 6.07) is 7.97. The average molecular weight is 266 g/mol. The van der Waals surface area contributed by atoms with Crippen molar-refractivity contribution in [2.24, 2.45) is 7.05 Å². The van der Waals surface area contributed by atoms with Crippen molar-refractivity contribution < 1.29 is 0 Å². The van der Waals surface area contributed by atoms with Crippen LogP contribution in [0.3, 0.4) is 0 Å². The zero-order valence-electron chi connectivity index (χ0n) is 8.66. The summed E-state index contributed by atoms with van der Waals surface area (Å²) in [7, 11) is 1.92. The van der Waals surface area contributed by atoms with Gasteiger partial charge in [-0.25, -0.2) is 4.98 Å². The highest BCUT2D eigenvalue weighted by Crippen LogP contribution is 2.26. The van der Waals surface area contributed by atoms with Crippen molar-refractivity contribution in [2.75, 3.05) is 5.73 Å². The maximum atomic E-state index is 5.96. The van der Waals surface area contributed by atoms with E-state index >= 15 is 0 Å². The van der Waals surface area contributed by atoms with Gasteiger partial charge in [0, 0.05) is 17.1 Å². The van der Waals surface area contributed by atoms with Crippen LogP contribution in [0.15, 0.2) is 28.7 Å². The van der Waals surface area contributed by atoms with Crippen molar-refractivity contribution in [3.8, 4) is 11.3 Å². The summed E-state index contributed by atoms with van der Waals surface area (Å²) in [6.45, 7) is 1.94. The van der Waals surface area contributed by atoms with Crippen LogP contribution in [0, 0.1) is 6.92 Å². The Morgan fingerprint density at radius 1 is 1.27 bits per heavy atom. The molecule has 2 rings (SSSR count). The van der Waals surface area contributed by atoms with Crippen LogP contribution in [-0.4, -0.2) is 9.55 Å². The number of anilines is 1. The highest BCUT2D eigenvalue weighted by Gasteiger charge is 2.10. The Balaban J connectivity index is 2.54. The molecule has 0 aliphatic heterocycles. The Hall–Kier alpha value is -1.29. The van der Waals surface area contributed by atoms with Crippen molar-refractivity contribution in [1.82, 2.24) is 9.55 Å². The second-order valence-electron chi connectivity index (χ2n) is 3.46. The van der Waals surface area contributed by atoms with Gasteiger partial charge in [0.1, 0.15) is 17.3 Å². The number of aryl methyl sites for hydroxylation is 1. The lowest BCUT2D eigenvalue weighted by molar-refractivity contribution is 0.868. The third-order valence-electron chi connectivity index (χ3n) is 2.48. The minimum atomic E-state index is 0.704. The molecule has 78 valence electrons. The first-order valence-electron chi connectivity index (χ1n) is 4.64. The molecule has 3 nitrogen and oxygen atoms in total. The predicted octanol–water partition coefficient (Wildman–Crippen LogP) is 2.74. The Kier molecular flexibility index (Phi) is 2.52. The molecule has 4 heteroatoms.